The minimum Gasteiger partial charge on any atom is -0.335 e. The minimum atomic E-state index is -0.269. The van der Waals surface area contributed by atoms with E-state index >= 15 is 0 Å². The van der Waals surface area contributed by atoms with Gasteiger partial charge in [0.1, 0.15) is 5.82 Å². The van der Waals surface area contributed by atoms with Crippen LogP contribution in [0.15, 0.2) is 59.8 Å². The lowest BCUT2D eigenvalue weighted by Gasteiger charge is -2.22. The van der Waals surface area contributed by atoms with Crippen LogP contribution in [0.4, 0.5) is 4.39 Å². The molecule has 1 amide bonds. The summed E-state index contributed by atoms with van der Waals surface area (Å²) >= 11 is 1.36. The molecule has 0 bridgehead atoms. The van der Waals surface area contributed by atoms with E-state index in [1.54, 1.807) is 23.1 Å². The molecule has 5 nitrogen and oxygen atoms in total. The Kier molecular flexibility index (Phi) is 5.43. The van der Waals surface area contributed by atoms with Crippen LogP contribution in [-0.2, 0) is 18.4 Å². The fourth-order valence-electron chi connectivity index (χ4n) is 3.11. The first-order valence-corrected chi connectivity index (χ1v) is 10.2. The van der Waals surface area contributed by atoms with E-state index in [1.165, 1.54) is 17.8 Å². The van der Waals surface area contributed by atoms with E-state index in [2.05, 4.69) is 10.2 Å². The van der Waals surface area contributed by atoms with Crippen LogP contribution < -0.4 is 0 Å². The molecule has 0 N–H and O–H groups in total. The monoisotopic (exact) mass is 396 g/mol. The number of carbonyl (C=O) groups is 1. The van der Waals surface area contributed by atoms with Crippen molar-refractivity contribution in [3.8, 4) is 11.4 Å². The molecule has 4 rings (SSSR count). The fourth-order valence-corrected chi connectivity index (χ4v) is 3.90. The minimum absolute atomic E-state index is 0.0000131. The number of thioether (sulfide) groups is 1. The van der Waals surface area contributed by atoms with Crippen LogP contribution in [0.1, 0.15) is 18.4 Å². The molecule has 0 saturated heterocycles. The largest absolute Gasteiger partial charge is 0.335 e. The molecule has 2 aromatic carbocycles. The topological polar surface area (TPSA) is 51.0 Å². The van der Waals surface area contributed by atoms with Gasteiger partial charge in [-0.2, -0.15) is 0 Å². The fraction of sp³-hybridized carbons (Fsp3) is 0.286. The van der Waals surface area contributed by atoms with E-state index in [1.807, 2.05) is 41.9 Å². The highest BCUT2D eigenvalue weighted by Crippen LogP contribution is 2.30. The summed E-state index contributed by atoms with van der Waals surface area (Å²) in [6, 6.07) is 16.7. The first-order chi connectivity index (χ1) is 13.6. The first kappa shape index (κ1) is 18.7. The Hall–Kier alpha value is -2.67. The van der Waals surface area contributed by atoms with Gasteiger partial charge in [-0.05, 0) is 18.9 Å². The van der Waals surface area contributed by atoms with Gasteiger partial charge >= 0.3 is 0 Å². The molecule has 144 valence electrons. The molecular weight excluding hydrogens is 375 g/mol. The second kappa shape index (κ2) is 8.14. The lowest BCUT2D eigenvalue weighted by atomic mass is 10.2. The zero-order valence-electron chi connectivity index (χ0n) is 15.6. The number of hydrogen-bond donors (Lipinski definition) is 0. The Morgan fingerprint density at radius 3 is 2.57 bits per heavy atom. The smallest absolute Gasteiger partial charge is 0.233 e. The van der Waals surface area contributed by atoms with E-state index in [9.17, 15) is 9.18 Å². The molecule has 0 atom stereocenters. The van der Waals surface area contributed by atoms with E-state index in [0.717, 1.165) is 24.2 Å². The van der Waals surface area contributed by atoms with Gasteiger partial charge in [0.25, 0.3) is 0 Å². The molecule has 1 aromatic heterocycles. The van der Waals surface area contributed by atoms with Crippen molar-refractivity contribution in [2.24, 2.45) is 7.05 Å². The Morgan fingerprint density at radius 2 is 1.86 bits per heavy atom. The van der Waals surface area contributed by atoms with Gasteiger partial charge < -0.3 is 9.47 Å². The number of amides is 1. The van der Waals surface area contributed by atoms with Crippen molar-refractivity contribution >= 4 is 17.7 Å². The molecule has 3 aromatic rings. The summed E-state index contributed by atoms with van der Waals surface area (Å²) in [6.45, 7) is 0.310. The summed E-state index contributed by atoms with van der Waals surface area (Å²) in [6.07, 6.45) is 1.96. The maximum Gasteiger partial charge on any atom is 0.233 e. The number of halogens is 1. The lowest BCUT2D eigenvalue weighted by molar-refractivity contribution is -0.129. The van der Waals surface area contributed by atoms with Gasteiger partial charge in [-0.15, -0.1) is 10.2 Å². The molecule has 28 heavy (non-hydrogen) atoms. The Balaban J connectivity index is 1.43. The quantitative estimate of drug-likeness (QED) is 0.569. The summed E-state index contributed by atoms with van der Waals surface area (Å²) in [4.78, 5) is 14.6. The van der Waals surface area contributed by atoms with Gasteiger partial charge in [0.15, 0.2) is 11.0 Å². The predicted molar refractivity (Wildman–Crippen MR) is 107 cm³/mol. The van der Waals surface area contributed by atoms with Crippen molar-refractivity contribution in [1.29, 1.82) is 0 Å². The maximum atomic E-state index is 14.0. The van der Waals surface area contributed by atoms with Crippen LogP contribution >= 0.6 is 11.8 Å². The van der Waals surface area contributed by atoms with Gasteiger partial charge in [-0.25, -0.2) is 4.39 Å². The number of aromatic nitrogens is 3. The number of hydrogen-bond acceptors (Lipinski definition) is 4. The van der Waals surface area contributed by atoms with Crippen LogP contribution in [0.3, 0.4) is 0 Å². The molecule has 7 heteroatoms. The van der Waals surface area contributed by atoms with Gasteiger partial charge in [-0.3, -0.25) is 4.79 Å². The lowest BCUT2D eigenvalue weighted by Crippen LogP contribution is -2.34. The Morgan fingerprint density at radius 1 is 1.14 bits per heavy atom. The number of nitrogens with zero attached hydrogens (tertiary/aromatic N) is 4. The van der Waals surface area contributed by atoms with E-state index < -0.39 is 0 Å². The van der Waals surface area contributed by atoms with Crippen LogP contribution in [0.25, 0.3) is 11.4 Å². The van der Waals surface area contributed by atoms with Gasteiger partial charge in [0.05, 0.1) is 5.75 Å². The molecular formula is C21H21FN4OS. The van der Waals surface area contributed by atoms with Crippen molar-refractivity contribution < 1.29 is 9.18 Å². The van der Waals surface area contributed by atoms with Crippen molar-refractivity contribution in [1.82, 2.24) is 19.7 Å². The molecule has 0 unspecified atom stereocenters. The number of rotatable bonds is 7. The molecule has 1 aliphatic rings. The standard InChI is InChI=1S/C21H21FN4OS/c1-25-20(15-7-3-2-4-8-15)23-24-21(25)28-14-19(27)26(17-11-12-17)13-16-9-5-6-10-18(16)22/h2-10,17H,11-14H2,1H3. The van der Waals surface area contributed by atoms with Crippen molar-refractivity contribution in [2.75, 3.05) is 5.75 Å². The molecule has 1 fully saturated rings. The zero-order chi connectivity index (χ0) is 19.5. The SMILES string of the molecule is Cn1c(SCC(=O)N(Cc2ccccc2F)C2CC2)nnc1-c1ccccc1. The third-order valence-corrected chi connectivity index (χ3v) is 5.80. The van der Waals surface area contributed by atoms with Crippen molar-refractivity contribution in [3.63, 3.8) is 0 Å². The average molecular weight is 396 g/mol. The molecule has 0 spiro atoms. The molecule has 0 radical (unpaired) electrons. The third kappa shape index (κ3) is 4.09. The van der Waals surface area contributed by atoms with Gasteiger partial charge in [-0.1, -0.05) is 60.3 Å². The van der Waals surface area contributed by atoms with E-state index in [4.69, 9.17) is 0 Å². The van der Waals surface area contributed by atoms with Crippen LogP contribution in [0, 0.1) is 5.82 Å². The highest BCUT2D eigenvalue weighted by molar-refractivity contribution is 7.99. The van der Waals surface area contributed by atoms with Crippen molar-refractivity contribution in [3.05, 3.63) is 66.0 Å². The van der Waals surface area contributed by atoms with E-state index in [0.29, 0.717) is 17.3 Å². The molecule has 1 aliphatic carbocycles. The zero-order valence-corrected chi connectivity index (χ0v) is 16.4. The normalized spacial score (nSPS) is 13.5. The summed E-state index contributed by atoms with van der Waals surface area (Å²) in [5, 5.41) is 9.17. The Bertz CT molecular complexity index is 972. The average Bonchev–Trinajstić information content (AvgIpc) is 3.49. The van der Waals surface area contributed by atoms with Crippen LogP contribution in [0.2, 0.25) is 0 Å². The molecule has 0 aliphatic heterocycles. The summed E-state index contributed by atoms with van der Waals surface area (Å²) in [7, 11) is 1.90. The third-order valence-electron chi connectivity index (χ3n) is 4.80. The second-order valence-electron chi connectivity index (χ2n) is 6.86. The first-order valence-electron chi connectivity index (χ1n) is 9.24. The van der Waals surface area contributed by atoms with Crippen LogP contribution in [-0.4, -0.2) is 37.4 Å². The van der Waals surface area contributed by atoms with Gasteiger partial charge in [0, 0.05) is 30.8 Å². The van der Waals surface area contributed by atoms with Crippen molar-refractivity contribution in [2.45, 2.75) is 30.6 Å². The van der Waals surface area contributed by atoms with E-state index in [-0.39, 0.29) is 23.5 Å². The molecule has 1 saturated carbocycles. The maximum absolute atomic E-state index is 14.0. The number of benzene rings is 2. The summed E-state index contributed by atoms with van der Waals surface area (Å²) in [5.41, 5.74) is 1.53. The summed E-state index contributed by atoms with van der Waals surface area (Å²) < 4.78 is 15.9. The highest BCUT2D eigenvalue weighted by Gasteiger charge is 2.33. The summed E-state index contributed by atoms with van der Waals surface area (Å²) in [5.74, 6) is 0.751. The highest BCUT2D eigenvalue weighted by atomic mass is 32.2. The second-order valence-corrected chi connectivity index (χ2v) is 7.81. The Labute approximate surface area is 167 Å². The van der Waals surface area contributed by atoms with Crippen LogP contribution in [0.5, 0.6) is 0 Å². The molecule has 1 heterocycles. The van der Waals surface area contributed by atoms with Gasteiger partial charge in [0.2, 0.25) is 5.91 Å². The number of carbonyl (C=O) groups excluding carboxylic acids is 1. The predicted octanol–water partition coefficient (Wildman–Crippen LogP) is 3.90.